The summed E-state index contributed by atoms with van der Waals surface area (Å²) in [6.45, 7) is 0. The maximum Gasteiger partial charge on any atom is 0.340 e. The number of amides is 3. The summed E-state index contributed by atoms with van der Waals surface area (Å²) in [6.07, 6.45) is 0.0684. The van der Waals surface area contributed by atoms with Gasteiger partial charge in [0.05, 0.1) is 43.7 Å². The first kappa shape index (κ1) is 24.5. The first-order valence-electron chi connectivity index (χ1n) is 11.1. The van der Waals surface area contributed by atoms with Crippen molar-refractivity contribution in [2.45, 2.75) is 12.5 Å². The Morgan fingerprint density at radius 2 is 1.39 bits per heavy atom. The fourth-order valence-electron chi connectivity index (χ4n) is 4.11. The molecule has 1 heterocycles. The Hall–Kier alpha value is -4.66. The Balaban J connectivity index is 1.75. The molecule has 0 saturated heterocycles. The van der Waals surface area contributed by atoms with Crippen molar-refractivity contribution < 1.29 is 33.4 Å². The van der Waals surface area contributed by atoms with E-state index in [9.17, 15) is 19.2 Å². The number of hydrogen-bond donors (Lipinski definition) is 1. The summed E-state index contributed by atoms with van der Waals surface area (Å²) in [6, 6.07) is 17.1. The molecule has 0 fully saturated rings. The molecule has 1 N–H and O–H groups in total. The maximum absolute atomic E-state index is 13.7. The third-order valence-electron chi connectivity index (χ3n) is 5.90. The minimum Gasteiger partial charge on any atom is -0.493 e. The smallest absolute Gasteiger partial charge is 0.340 e. The zero-order chi connectivity index (χ0) is 25.8. The van der Waals surface area contributed by atoms with Gasteiger partial charge < -0.3 is 19.5 Å². The van der Waals surface area contributed by atoms with Crippen molar-refractivity contribution in [3.05, 3.63) is 89.0 Å². The quantitative estimate of drug-likeness (QED) is 0.382. The zero-order valence-electron chi connectivity index (χ0n) is 19.9. The SMILES string of the molecule is COC(=O)c1cc(OC)c(OC)cc1NC(=O)[C@@H](Cc1ccccc1)N1C(=O)c2ccccc2C1=O. The number of ether oxygens (including phenoxy) is 3. The molecule has 3 aromatic rings. The first-order valence-corrected chi connectivity index (χ1v) is 11.1. The number of esters is 1. The number of carbonyl (C=O) groups excluding carboxylic acids is 4. The van der Waals surface area contributed by atoms with E-state index in [-0.39, 0.29) is 40.3 Å². The third kappa shape index (κ3) is 4.50. The summed E-state index contributed by atoms with van der Waals surface area (Å²) in [5, 5.41) is 2.70. The van der Waals surface area contributed by atoms with Crippen LogP contribution in [0.25, 0.3) is 0 Å². The molecule has 0 saturated carbocycles. The molecule has 4 rings (SSSR count). The van der Waals surface area contributed by atoms with Crippen LogP contribution in [-0.4, -0.2) is 56.0 Å². The van der Waals surface area contributed by atoms with Gasteiger partial charge in [-0.15, -0.1) is 0 Å². The molecule has 0 aliphatic carbocycles. The van der Waals surface area contributed by atoms with Gasteiger partial charge in [0.25, 0.3) is 11.8 Å². The van der Waals surface area contributed by atoms with E-state index in [1.54, 1.807) is 48.5 Å². The highest BCUT2D eigenvalue weighted by molar-refractivity contribution is 6.23. The van der Waals surface area contributed by atoms with Gasteiger partial charge in [0.15, 0.2) is 11.5 Å². The van der Waals surface area contributed by atoms with Gasteiger partial charge in [-0.05, 0) is 17.7 Å². The molecular formula is C27H24N2O7. The number of carbonyl (C=O) groups is 4. The van der Waals surface area contributed by atoms with Crippen molar-refractivity contribution in [2.75, 3.05) is 26.6 Å². The normalized spacial score (nSPS) is 13.1. The highest BCUT2D eigenvalue weighted by Gasteiger charge is 2.43. The van der Waals surface area contributed by atoms with Gasteiger partial charge in [-0.2, -0.15) is 0 Å². The van der Waals surface area contributed by atoms with E-state index in [2.05, 4.69) is 5.32 Å². The molecule has 0 spiro atoms. The Kier molecular flexibility index (Phi) is 7.00. The summed E-state index contributed by atoms with van der Waals surface area (Å²) >= 11 is 0. The second-order valence-corrected chi connectivity index (χ2v) is 7.97. The van der Waals surface area contributed by atoms with Gasteiger partial charge in [0, 0.05) is 18.6 Å². The molecule has 1 atom stereocenters. The van der Waals surface area contributed by atoms with E-state index >= 15 is 0 Å². The molecule has 1 aliphatic rings. The Bertz CT molecular complexity index is 1300. The number of hydrogen-bond acceptors (Lipinski definition) is 7. The number of anilines is 1. The molecule has 0 radical (unpaired) electrons. The largest absolute Gasteiger partial charge is 0.493 e. The van der Waals surface area contributed by atoms with E-state index in [0.29, 0.717) is 0 Å². The minimum atomic E-state index is -1.20. The maximum atomic E-state index is 13.7. The average Bonchev–Trinajstić information content (AvgIpc) is 3.16. The second kappa shape index (κ2) is 10.3. The topological polar surface area (TPSA) is 111 Å². The lowest BCUT2D eigenvalue weighted by atomic mass is 10.0. The van der Waals surface area contributed by atoms with Crippen LogP contribution in [0.5, 0.6) is 11.5 Å². The van der Waals surface area contributed by atoms with Crippen molar-refractivity contribution in [1.82, 2.24) is 4.90 Å². The molecule has 0 unspecified atom stereocenters. The average molecular weight is 488 g/mol. The lowest BCUT2D eigenvalue weighted by Crippen LogP contribution is -2.48. The summed E-state index contributed by atoms with van der Waals surface area (Å²) in [5.41, 5.74) is 1.31. The van der Waals surface area contributed by atoms with Gasteiger partial charge in [-0.1, -0.05) is 42.5 Å². The van der Waals surface area contributed by atoms with Gasteiger partial charge in [0.2, 0.25) is 5.91 Å². The number of rotatable bonds is 8. The summed E-state index contributed by atoms with van der Waals surface area (Å²) in [7, 11) is 4.04. The van der Waals surface area contributed by atoms with Crippen LogP contribution in [0, 0.1) is 0 Å². The van der Waals surface area contributed by atoms with Crippen LogP contribution in [0.3, 0.4) is 0 Å². The van der Waals surface area contributed by atoms with Crippen molar-refractivity contribution in [3.63, 3.8) is 0 Å². The molecule has 1 aliphatic heterocycles. The Morgan fingerprint density at radius 3 is 1.94 bits per heavy atom. The number of nitrogens with one attached hydrogen (secondary N) is 1. The van der Waals surface area contributed by atoms with Gasteiger partial charge in [-0.3, -0.25) is 19.3 Å². The van der Waals surface area contributed by atoms with E-state index in [4.69, 9.17) is 14.2 Å². The van der Waals surface area contributed by atoms with E-state index in [1.807, 2.05) is 6.07 Å². The number of nitrogens with zero attached hydrogens (tertiary/aromatic N) is 1. The monoisotopic (exact) mass is 488 g/mol. The number of benzene rings is 3. The van der Waals surface area contributed by atoms with Crippen molar-refractivity contribution in [3.8, 4) is 11.5 Å². The van der Waals surface area contributed by atoms with Crippen LogP contribution in [0.1, 0.15) is 36.6 Å². The predicted molar refractivity (Wildman–Crippen MR) is 130 cm³/mol. The van der Waals surface area contributed by atoms with Crippen LogP contribution >= 0.6 is 0 Å². The molecule has 36 heavy (non-hydrogen) atoms. The second-order valence-electron chi connectivity index (χ2n) is 7.97. The number of imide groups is 1. The Morgan fingerprint density at radius 1 is 0.833 bits per heavy atom. The Labute approximate surface area is 207 Å². The zero-order valence-corrected chi connectivity index (χ0v) is 19.9. The predicted octanol–water partition coefficient (Wildman–Crippen LogP) is 3.34. The third-order valence-corrected chi connectivity index (χ3v) is 5.90. The molecule has 9 nitrogen and oxygen atoms in total. The fourth-order valence-corrected chi connectivity index (χ4v) is 4.11. The molecule has 184 valence electrons. The van der Waals surface area contributed by atoms with Crippen LogP contribution in [0.15, 0.2) is 66.7 Å². The molecule has 3 amide bonds. The molecule has 3 aromatic carbocycles. The van der Waals surface area contributed by atoms with E-state index in [1.165, 1.54) is 33.5 Å². The fraction of sp³-hybridized carbons (Fsp3) is 0.185. The van der Waals surface area contributed by atoms with E-state index in [0.717, 1.165) is 10.5 Å². The lowest BCUT2D eigenvalue weighted by molar-refractivity contribution is -0.119. The minimum absolute atomic E-state index is 0.0179. The summed E-state index contributed by atoms with van der Waals surface area (Å²) < 4.78 is 15.4. The van der Waals surface area contributed by atoms with E-state index < -0.39 is 29.7 Å². The van der Waals surface area contributed by atoms with Crippen molar-refractivity contribution in [2.24, 2.45) is 0 Å². The van der Waals surface area contributed by atoms with Gasteiger partial charge in [-0.25, -0.2) is 4.79 Å². The van der Waals surface area contributed by atoms with Gasteiger partial charge in [0.1, 0.15) is 6.04 Å². The van der Waals surface area contributed by atoms with Crippen LogP contribution in [0.4, 0.5) is 5.69 Å². The standard InChI is InChI=1S/C27H24N2O7/c1-34-22-14-19(27(33)36-3)20(15-23(22)35-2)28-24(30)21(13-16-9-5-4-6-10-16)29-25(31)17-11-7-8-12-18(17)26(29)32/h4-12,14-15,21H,13H2,1-3H3,(H,28,30)/t21-/m1/s1. The summed E-state index contributed by atoms with van der Waals surface area (Å²) in [4.78, 5) is 53.5. The number of fused-ring (bicyclic) bond motifs is 1. The van der Waals surface area contributed by atoms with Crippen LogP contribution in [-0.2, 0) is 16.0 Å². The number of methoxy groups -OCH3 is 3. The molecular weight excluding hydrogens is 464 g/mol. The molecule has 0 aromatic heterocycles. The summed E-state index contributed by atoms with van der Waals surface area (Å²) in [5.74, 6) is -1.98. The van der Waals surface area contributed by atoms with Gasteiger partial charge >= 0.3 is 5.97 Å². The van der Waals surface area contributed by atoms with Crippen LogP contribution < -0.4 is 14.8 Å². The first-order chi connectivity index (χ1) is 17.4. The van der Waals surface area contributed by atoms with Crippen molar-refractivity contribution in [1.29, 1.82) is 0 Å². The lowest BCUT2D eigenvalue weighted by Gasteiger charge is -2.26. The highest BCUT2D eigenvalue weighted by atomic mass is 16.5. The van der Waals surface area contributed by atoms with Crippen LogP contribution in [0.2, 0.25) is 0 Å². The highest BCUT2D eigenvalue weighted by Crippen LogP contribution is 2.34. The molecule has 9 heteroatoms. The molecule has 0 bridgehead atoms. The van der Waals surface area contributed by atoms with Crippen molar-refractivity contribution >= 4 is 29.4 Å².